The molecule has 0 aromatic heterocycles. The lowest BCUT2D eigenvalue weighted by atomic mass is 9.99. The fraction of sp³-hybridized carbons (Fsp3) is 0.208. The molecule has 0 bridgehead atoms. The van der Waals surface area contributed by atoms with Crippen molar-refractivity contribution < 1.29 is 13.2 Å². The van der Waals surface area contributed by atoms with Gasteiger partial charge in [-0.3, -0.25) is 9.52 Å². The minimum atomic E-state index is -3.73. The molecule has 0 atom stereocenters. The number of sulfonamides is 1. The van der Waals surface area contributed by atoms with Crippen molar-refractivity contribution >= 4 is 27.3 Å². The van der Waals surface area contributed by atoms with E-state index in [9.17, 15) is 13.2 Å². The average Bonchev–Trinajstić information content (AvgIpc) is 2.74. The number of hydrogen-bond donors (Lipinski definition) is 1. The Morgan fingerprint density at radius 3 is 2.43 bits per heavy atom. The standard InChI is InChI=1S/C24H24N2O3S/c1-17-9-14-23-20(16-17)7-5-15-26(23)24(27)19-10-12-21(13-11-19)30(28,29)25-22-8-4-3-6-18(22)2/h3-4,6,8-14,16,25H,5,7,15H2,1-2H3. The van der Waals surface area contributed by atoms with Crippen molar-refractivity contribution in [3.8, 4) is 0 Å². The number of anilines is 2. The molecule has 0 saturated heterocycles. The fourth-order valence-corrected chi connectivity index (χ4v) is 4.89. The van der Waals surface area contributed by atoms with Gasteiger partial charge in [0, 0.05) is 17.8 Å². The monoisotopic (exact) mass is 420 g/mol. The molecule has 154 valence electrons. The number of hydrogen-bond acceptors (Lipinski definition) is 3. The number of benzene rings is 3. The summed E-state index contributed by atoms with van der Waals surface area (Å²) >= 11 is 0. The highest BCUT2D eigenvalue weighted by Crippen LogP contribution is 2.29. The predicted octanol–water partition coefficient (Wildman–Crippen LogP) is 4.70. The molecule has 3 aromatic rings. The highest BCUT2D eigenvalue weighted by Gasteiger charge is 2.24. The van der Waals surface area contributed by atoms with E-state index in [2.05, 4.69) is 10.8 Å². The van der Waals surface area contributed by atoms with Crippen molar-refractivity contribution in [2.45, 2.75) is 31.6 Å². The van der Waals surface area contributed by atoms with Gasteiger partial charge in [0.2, 0.25) is 0 Å². The Hall–Kier alpha value is -3.12. The van der Waals surface area contributed by atoms with Crippen LogP contribution in [0.25, 0.3) is 0 Å². The molecule has 4 rings (SSSR count). The zero-order valence-corrected chi connectivity index (χ0v) is 17.9. The van der Waals surface area contributed by atoms with Crippen LogP contribution in [0.2, 0.25) is 0 Å². The van der Waals surface area contributed by atoms with Crippen molar-refractivity contribution in [1.29, 1.82) is 0 Å². The first kappa shape index (κ1) is 20.2. The van der Waals surface area contributed by atoms with E-state index in [4.69, 9.17) is 0 Å². The summed E-state index contributed by atoms with van der Waals surface area (Å²) in [5, 5.41) is 0. The molecule has 0 unspecified atom stereocenters. The third-order valence-electron chi connectivity index (χ3n) is 5.40. The Bertz CT molecular complexity index is 1200. The van der Waals surface area contributed by atoms with Crippen molar-refractivity contribution in [2.75, 3.05) is 16.2 Å². The van der Waals surface area contributed by atoms with Crippen LogP contribution in [0.5, 0.6) is 0 Å². The Morgan fingerprint density at radius 1 is 0.967 bits per heavy atom. The molecule has 1 aliphatic heterocycles. The Labute approximate surface area is 177 Å². The van der Waals surface area contributed by atoms with Gasteiger partial charge in [-0.1, -0.05) is 35.9 Å². The summed E-state index contributed by atoms with van der Waals surface area (Å²) in [7, 11) is -3.73. The topological polar surface area (TPSA) is 66.5 Å². The molecule has 0 aliphatic carbocycles. The van der Waals surface area contributed by atoms with Gasteiger partial charge in [0.1, 0.15) is 0 Å². The molecule has 1 N–H and O–H groups in total. The van der Waals surface area contributed by atoms with Crippen LogP contribution in [-0.4, -0.2) is 20.9 Å². The largest absolute Gasteiger partial charge is 0.308 e. The van der Waals surface area contributed by atoms with Crippen molar-refractivity contribution in [2.24, 2.45) is 0 Å². The van der Waals surface area contributed by atoms with Gasteiger partial charge in [0.25, 0.3) is 15.9 Å². The SMILES string of the molecule is Cc1ccc2c(c1)CCCN2C(=O)c1ccc(S(=O)(=O)Nc2ccccc2C)cc1. The number of carbonyl (C=O) groups excluding carboxylic acids is 1. The average molecular weight is 421 g/mol. The maximum absolute atomic E-state index is 13.1. The van der Waals surface area contributed by atoms with Crippen LogP contribution in [-0.2, 0) is 16.4 Å². The summed E-state index contributed by atoms with van der Waals surface area (Å²) in [4.78, 5) is 15.0. The summed E-state index contributed by atoms with van der Waals surface area (Å²) in [6.45, 7) is 4.55. The Morgan fingerprint density at radius 2 is 1.70 bits per heavy atom. The van der Waals surface area contributed by atoms with Gasteiger partial charge >= 0.3 is 0 Å². The minimum absolute atomic E-state index is 0.115. The van der Waals surface area contributed by atoms with E-state index in [-0.39, 0.29) is 10.8 Å². The van der Waals surface area contributed by atoms with Gasteiger partial charge in [-0.15, -0.1) is 0 Å². The molecule has 0 spiro atoms. The smallest absolute Gasteiger partial charge is 0.261 e. The van der Waals surface area contributed by atoms with E-state index in [0.717, 1.165) is 24.1 Å². The number of nitrogens with zero attached hydrogens (tertiary/aromatic N) is 1. The van der Waals surface area contributed by atoms with Crippen LogP contribution in [0.15, 0.2) is 71.6 Å². The van der Waals surface area contributed by atoms with Crippen molar-refractivity contribution in [1.82, 2.24) is 0 Å². The number of aryl methyl sites for hydroxylation is 3. The van der Waals surface area contributed by atoms with Crippen LogP contribution < -0.4 is 9.62 Å². The maximum Gasteiger partial charge on any atom is 0.261 e. The molecule has 30 heavy (non-hydrogen) atoms. The number of para-hydroxylation sites is 1. The summed E-state index contributed by atoms with van der Waals surface area (Å²) < 4.78 is 28.1. The third-order valence-corrected chi connectivity index (χ3v) is 6.78. The summed E-state index contributed by atoms with van der Waals surface area (Å²) in [5.41, 5.74) is 5.15. The predicted molar refractivity (Wildman–Crippen MR) is 120 cm³/mol. The van der Waals surface area contributed by atoms with E-state index in [0.29, 0.717) is 17.8 Å². The molecule has 6 heteroatoms. The summed E-state index contributed by atoms with van der Waals surface area (Å²) in [6, 6.07) is 19.5. The lowest BCUT2D eigenvalue weighted by Gasteiger charge is -2.30. The fourth-order valence-electron chi connectivity index (χ4n) is 3.76. The number of amides is 1. The van der Waals surface area contributed by atoms with Gasteiger partial charge in [0.05, 0.1) is 10.6 Å². The quantitative estimate of drug-likeness (QED) is 0.665. The van der Waals surface area contributed by atoms with Gasteiger partial charge in [-0.05, 0) is 74.2 Å². The van der Waals surface area contributed by atoms with Gasteiger partial charge in [-0.2, -0.15) is 0 Å². The molecule has 1 amide bonds. The first-order chi connectivity index (χ1) is 14.3. The first-order valence-electron chi connectivity index (χ1n) is 9.95. The number of nitrogens with one attached hydrogen (secondary N) is 1. The number of fused-ring (bicyclic) bond motifs is 1. The van der Waals surface area contributed by atoms with E-state index in [1.54, 1.807) is 29.2 Å². The minimum Gasteiger partial charge on any atom is -0.308 e. The molecule has 1 aliphatic rings. The summed E-state index contributed by atoms with van der Waals surface area (Å²) in [6.07, 6.45) is 1.87. The van der Waals surface area contributed by atoms with Crippen LogP contribution >= 0.6 is 0 Å². The van der Waals surface area contributed by atoms with E-state index < -0.39 is 10.0 Å². The molecule has 1 heterocycles. The summed E-state index contributed by atoms with van der Waals surface area (Å²) in [5.74, 6) is -0.115. The first-order valence-corrected chi connectivity index (χ1v) is 11.4. The number of carbonyl (C=O) groups is 1. The van der Waals surface area contributed by atoms with E-state index in [1.165, 1.54) is 23.3 Å². The molecule has 0 saturated carbocycles. The van der Waals surface area contributed by atoms with Crippen LogP contribution in [0.3, 0.4) is 0 Å². The van der Waals surface area contributed by atoms with E-state index in [1.807, 2.05) is 38.1 Å². The second kappa shape index (κ2) is 7.95. The third kappa shape index (κ3) is 3.96. The molecule has 5 nitrogen and oxygen atoms in total. The lowest BCUT2D eigenvalue weighted by Crippen LogP contribution is -2.35. The zero-order valence-electron chi connectivity index (χ0n) is 17.1. The van der Waals surface area contributed by atoms with Gasteiger partial charge < -0.3 is 4.90 Å². The molecule has 0 radical (unpaired) electrons. The van der Waals surface area contributed by atoms with Crippen LogP contribution in [0.1, 0.15) is 33.5 Å². The van der Waals surface area contributed by atoms with Gasteiger partial charge in [0.15, 0.2) is 0 Å². The van der Waals surface area contributed by atoms with Crippen LogP contribution in [0.4, 0.5) is 11.4 Å². The second-order valence-electron chi connectivity index (χ2n) is 7.64. The highest BCUT2D eigenvalue weighted by atomic mass is 32.2. The lowest BCUT2D eigenvalue weighted by molar-refractivity contribution is 0.0985. The Balaban J connectivity index is 1.57. The van der Waals surface area contributed by atoms with Crippen molar-refractivity contribution in [3.63, 3.8) is 0 Å². The Kier molecular flexibility index (Phi) is 5.35. The molecule has 0 fully saturated rings. The van der Waals surface area contributed by atoms with Crippen LogP contribution in [0, 0.1) is 13.8 Å². The second-order valence-corrected chi connectivity index (χ2v) is 9.32. The normalized spacial score (nSPS) is 13.6. The van der Waals surface area contributed by atoms with E-state index >= 15 is 0 Å². The van der Waals surface area contributed by atoms with Crippen molar-refractivity contribution in [3.05, 3.63) is 89.0 Å². The molecular weight excluding hydrogens is 396 g/mol. The molecule has 3 aromatic carbocycles. The van der Waals surface area contributed by atoms with Gasteiger partial charge in [-0.25, -0.2) is 8.42 Å². The maximum atomic E-state index is 13.1. The zero-order chi connectivity index (χ0) is 21.3. The molecular formula is C24H24N2O3S. The highest BCUT2D eigenvalue weighted by molar-refractivity contribution is 7.92. The number of rotatable bonds is 4.